The molecule has 0 aliphatic rings. The van der Waals surface area contributed by atoms with E-state index in [1.54, 1.807) is 0 Å². The number of hydrogen-bond acceptors (Lipinski definition) is 2. The molecule has 5 heteroatoms. The van der Waals surface area contributed by atoms with Crippen molar-refractivity contribution in [2.24, 2.45) is 4.99 Å². The van der Waals surface area contributed by atoms with Crippen molar-refractivity contribution in [2.75, 3.05) is 0 Å². The predicted octanol–water partition coefficient (Wildman–Crippen LogP) is 3.41. The van der Waals surface area contributed by atoms with E-state index in [1.807, 2.05) is 0 Å². The highest BCUT2D eigenvalue weighted by molar-refractivity contribution is 5.89. The van der Waals surface area contributed by atoms with Crippen molar-refractivity contribution in [3.8, 4) is 0 Å². The van der Waals surface area contributed by atoms with Gasteiger partial charge in [-0.2, -0.15) is 0 Å². The first-order valence-corrected chi connectivity index (χ1v) is 5.39. The van der Waals surface area contributed by atoms with Gasteiger partial charge in [-0.05, 0) is 29.8 Å². The van der Waals surface area contributed by atoms with Crippen molar-refractivity contribution < 1.29 is 18.7 Å². The number of carbonyl (C=O) groups is 1. The molecule has 96 valence electrons. The van der Waals surface area contributed by atoms with Crippen LogP contribution >= 0.6 is 0 Å². The van der Waals surface area contributed by atoms with Crippen LogP contribution < -0.4 is 0 Å². The molecule has 2 aromatic carbocycles. The summed E-state index contributed by atoms with van der Waals surface area (Å²) in [6.07, 6.45) is 1.34. The van der Waals surface area contributed by atoms with E-state index in [1.165, 1.54) is 42.6 Å². The number of aliphatic imine (C=N–C) groups is 1. The minimum atomic E-state index is -1.03. The quantitative estimate of drug-likeness (QED) is 0.861. The van der Waals surface area contributed by atoms with Gasteiger partial charge in [0.2, 0.25) is 0 Å². The fraction of sp³-hybridized carbons (Fsp3) is 0. The Morgan fingerprint density at radius 3 is 2.42 bits per heavy atom. The SMILES string of the molecule is O=C(O)c1ccc(C=Nc2cccc(F)c2F)cc1. The molecule has 0 fully saturated rings. The van der Waals surface area contributed by atoms with Gasteiger partial charge in [-0.1, -0.05) is 18.2 Å². The van der Waals surface area contributed by atoms with E-state index < -0.39 is 17.6 Å². The number of carboxylic acids is 1. The molecule has 3 nitrogen and oxygen atoms in total. The summed E-state index contributed by atoms with van der Waals surface area (Å²) in [6.45, 7) is 0. The Balaban J connectivity index is 2.23. The van der Waals surface area contributed by atoms with Gasteiger partial charge < -0.3 is 5.11 Å². The van der Waals surface area contributed by atoms with Gasteiger partial charge in [-0.15, -0.1) is 0 Å². The van der Waals surface area contributed by atoms with Gasteiger partial charge in [0.05, 0.1) is 5.56 Å². The minimum Gasteiger partial charge on any atom is -0.478 e. The highest BCUT2D eigenvalue weighted by Crippen LogP contribution is 2.19. The smallest absolute Gasteiger partial charge is 0.335 e. The summed E-state index contributed by atoms with van der Waals surface area (Å²) < 4.78 is 26.2. The summed E-state index contributed by atoms with van der Waals surface area (Å²) in [4.78, 5) is 14.5. The van der Waals surface area contributed by atoms with Crippen LogP contribution in [0.5, 0.6) is 0 Å². The Labute approximate surface area is 107 Å². The van der Waals surface area contributed by atoms with Crippen LogP contribution in [0.25, 0.3) is 0 Å². The molecule has 0 atom stereocenters. The Kier molecular flexibility index (Phi) is 3.66. The second kappa shape index (κ2) is 5.39. The number of halogens is 2. The number of carboxylic acid groups (broad SMARTS) is 1. The molecule has 0 aliphatic carbocycles. The summed E-state index contributed by atoms with van der Waals surface area (Å²) in [5.41, 5.74) is 0.630. The zero-order chi connectivity index (χ0) is 13.8. The van der Waals surface area contributed by atoms with Crippen molar-refractivity contribution in [3.05, 3.63) is 65.2 Å². The van der Waals surface area contributed by atoms with Crippen LogP contribution in [0, 0.1) is 11.6 Å². The van der Waals surface area contributed by atoms with E-state index in [2.05, 4.69) is 4.99 Å². The Bertz CT molecular complexity index is 636. The molecule has 0 spiro atoms. The highest BCUT2D eigenvalue weighted by atomic mass is 19.2. The zero-order valence-electron chi connectivity index (χ0n) is 9.68. The Morgan fingerprint density at radius 2 is 1.79 bits per heavy atom. The monoisotopic (exact) mass is 261 g/mol. The van der Waals surface area contributed by atoms with Crippen LogP contribution in [-0.4, -0.2) is 17.3 Å². The van der Waals surface area contributed by atoms with Crippen LogP contribution in [0.15, 0.2) is 47.5 Å². The van der Waals surface area contributed by atoms with Gasteiger partial charge in [-0.3, -0.25) is 4.99 Å². The molecule has 2 rings (SSSR count). The lowest BCUT2D eigenvalue weighted by atomic mass is 10.1. The van der Waals surface area contributed by atoms with E-state index >= 15 is 0 Å². The van der Waals surface area contributed by atoms with E-state index in [-0.39, 0.29) is 11.3 Å². The molecular weight excluding hydrogens is 252 g/mol. The van der Waals surface area contributed by atoms with Crippen LogP contribution in [-0.2, 0) is 0 Å². The lowest BCUT2D eigenvalue weighted by Crippen LogP contribution is -1.95. The molecule has 0 aromatic heterocycles. The van der Waals surface area contributed by atoms with E-state index in [9.17, 15) is 13.6 Å². The molecular formula is C14H9F2NO2. The van der Waals surface area contributed by atoms with Gasteiger partial charge in [0.1, 0.15) is 5.69 Å². The van der Waals surface area contributed by atoms with Crippen molar-refractivity contribution in [2.45, 2.75) is 0 Å². The molecule has 19 heavy (non-hydrogen) atoms. The molecule has 0 amide bonds. The van der Waals surface area contributed by atoms with Gasteiger partial charge in [-0.25, -0.2) is 13.6 Å². The molecule has 0 heterocycles. The lowest BCUT2D eigenvalue weighted by molar-refractivity contribution is 0.0697. The Morgan fingerprint density at radius 1 is 1.11 bits per heavy atom. The maximum absolute atomic E-state index is 13.3. The molecule has 0 radical (unpaired) electrons. The number of hydrogen-bond donors (Lipinski definition) is 1. The molecule has 0 aliphatic heterocycles. The molecule has 0 saturated carbocycles. The zero-order valence-corrected chi connectivity index (χ0v) is 9.68. The third kappa shape index (κ3) is 3.01. The van der Waals surface area contributed by atoms with E-state index in [0.29, 0.717) is 5.56 Å². The predicted molar refractivity (Wildman–Crippen MR) is 67.0 cm³/mol. The molecule has 0 saturated heterocycles. The summed E-state index contributed by atoms with van der Waals surface area (Å²) >= 11 is 0. The normalized spacial score (nSPS) is 10.8. The third-order valence-electron chi connectivity index (χ3n) is 2.44. The van der Waals surface area contributed by atoms with Crippen LogP contribution in [0.4, 0.5) is 14.5 Å². The highest BCUT2D eigenvalue weighted by Gasteiger charge is 2.05. The summed E-state index contributed by atoms with van der Waals surface area (Å²) in [6, 6.07) is 9.60. The van der Waals surface area contributed by atoms with Crippen molar-refractivity contribution in [3.63, 3.8) is 0 Å². The average molecular weight is 261 g/mol. The summed E-state index contributed by atoms with van der Waals surface area (Å²) in [7, 11) is 0. The van der Waals surface area contributed by atoms with Crippen molar-refractivity contribution in [1.82, 2.24) is 0 Å². The van der Waals surface area contributed by atoms with Gasteiger partial charge in [0.15, 0.2) is 11.6 Å². The first-order chi connectivity index (χ1) is 9.08. The Hall–Kier alpha value is -2.56. The summed E-state index contributed by atoms with van der Waals surface area (Å²) in [5, 5.41) is 8.73. The summed E-state index contributed by atoms with van der Waals surface area (Å²) in [5.74, 6) is -3.00. The van der Waals surface area contributed by atoms with E-state index in [4.69, 9.17) is 5.11 Å². The number of nitrogens with zero attached hydrogens (tertiary/aromatic N) is 1. The largest absolute Gasteiger partial charge is 0.478 e. The van der Waals surface area contributed by atoms with Crippen LogP contribution in [0.2, 0.25) is 0 Å². The lowest BCUT2D eigenvalue weighted by Gasteiger charge is -1.98. The second-order valence-electron chi connectivity index (χ2n) is 3.76. The topological polar surface area (TPSA) is 49.7 Å². The number of benzene rings is 2. The first kappa shape index (κ1) is 12.9. The fourth-order valence-corrected chi connectivity index (χ4v) is 1.45. The third-order valence-corrected chi connectivity index (χ3v) is 2.44. The fourth-order valence-electron chi connectivity index (χ4n) is 1.45. The van der Waals surface area contributed by atoms with Gasteiger partial charge in [0, 0.05) is 6.21 Å². The first-order valence-electron chi connectivity index (χ1n) is 5.39. The average Bonchev–Trinajstić information content (AvgIpc) is 2.41. The maximum atomic E-state index is 13.3. The molecule has 1 N–H and O–H groups in total. The molecule has 0 unspecified atom stereocenters. The molecule has 2 aromatic rings. The van der Waals surface area contributed by atoms with E-state index in [0.717, 1.165) is 6.07 Å². The minimum absolute atomic E-state index is 0.109. The molecule has 0 bridgehead atoms. The van der Waals surface area contributed by atoms with Gasteiger partial charge >= 0.3 is 5.97 Å². The van der Waals surface area contributed by atoms with Crippen LogP contribution in [0.3, 0.4) is 0 Å². The maximum Gasteiger partial charge on any atom is 0.335 e. The number of rotatable bonds is 3. The van der Waals surface area contributed by atoms with Crippen molar-refractivity contribution >= 4 is 17.9 Å². The standard InChI is InChI=1S/C14H9F2NO2/c15-11-2-1-3-12(13(11)16)17-8-9-4-6-10(7-5-9)14(18)19/h1-8H,(H,18,19). The van der Waals surface area contributed by atoms with Gasteiger partial charge in [0.25, 0.3) is 0 Å². The van der Waals surface area contributed by atoms with Crippen LogP contribution in [0.1, 0.15) is 15.9 Å². The van der Waals surface area contributed by atoms with Crippen molar-refractivity contribution in [1.29, 1.82) is 0 Å². The second-order valence-corrected chi connectivity index (χ2v) is 3.76. The number of aromatic carboxylic acids is 1.